The van der Waals surface area contributed by atoms with E-state index in [1.54, 1.807) is 7.11 Å². The van der Waals surface area contributed by atoms with Gasteiger partial charge >= 0.3 is 0 Å². The number of hydroxylamine groups is 2. The Morgan fingerprint density at radius 2 is 1.72 bits per heavy atom. The summed E-state index contributed by atoms with van der Waals surface area (Å²) >= 11 is 0. The minimum absolute atomic E-state index is 0.0547. The number of likely N-dealkylation sites (N-methyl/N-ethyl adjacent to an activating group) is 1. The highest BCUT2D eigenvalue weighted by atomic mass is 16.7. The molecule has 0 unspecified atom stereocenters. The minimum Gasteiger partial charge on any atom is -0.509 e. The topological polar surface area (TPSA) is 53.0 Å². The average Bonchev–Trinajstić information content (AvgIpc) is 2.76. The summed E-state index contributed by atoms with van der Waals surface area (Å²) in [5.74, 6) is 0.186. The molecule has 1 N–H and O–H groups in total. The number of carbonyl (C=O) groups is 1. The molecule has 1 amide bonds. The molecule has 0 saturated carbocycles. The molecule has 0 radical (unpaired) electrons. The fourth-order valence-corrected chi connectivity index (χ4v) is 4.58. The van der Waals surface area contributed by atoms with E-state index in [0.717, 1.165) is 16.7 Å². The zero-order valence-corrected chi connectivity index (χ0v) is 15.8. The van der Waals surface area contributed by atoms with Crippen LogP contribution in [-0.4, -0.2) is 53.3 Å². The SMILES string of the molecule is CCN1C(=O)C(c2c(C)cc(C)cc2C)=C(O)C12CCN(OC)CC2. The van der Waals surface area contributed by atoms with Crippen LogP contribution in [0.4, 0.5) is 0 Å². The molecule has 2 aliphatic rings. The van der Waals surface area contributed by atoms with Crippen molar-refractivity contribution >= 4 is 11.5 Å². The molecule has 5 nitrogen and oxygen atoms in total. The third-order valence-electron chi connectivity index (χ3n) is 5.70. The molecule has 0 aromatic heterocycles. The second-order valence-corrected chi connectivity index (χ2v) is 7.19. The summed E-state index contributed by atoms with van der Waals surface area (Å²) < 4.78 is 0. The van der Waals surface area contributed by atoms with Crippen LogP contribution in [0.5, 0.6) is 0 Å². The lowest BCUT2D eigenvalue weighted by Crippen LogP contribution is -2.54. The normalized spacial score (nSPS) is 20.8. The Morgan fingerprint density at radius 1 is 1.16 bits per heavy atom. The Balaban J connectivity index is 2.12. The lowest BCUT2D eigenvalue weighted by molar-refractivity contribution is -0.163. The van der Waals surface area contributed by atoms with Gasteiger partial charge in [-0.3, -0.25) is 4.79 Å². The van der Waals surface area contributed by atoms with Gasteiger partial charge in [0.15, 0.2) is 0 Å². The Bertz CT molecular complexity index is 707. The fraction of sp³-hybridized carbons (Fsp3) is 0.550. The molecule has 0 bridgehead atoms. The Labute approximate surface area is 149 Å². The molecular formula is C20H28N2O3. The van der Waals surface area contributed by atoms with Crippen molar-refractivity contribution < 1.29 is 14.7 Å². The molecule has 1 saturated heterocycles. The maximum absolute atomic E-state index is 13.2. The van der Waals surface area contributed by atoms with Crippen molar-refractivity contribution in [3.8, 4) is 0 Å². The van der Waals surface area contributed by atoms with Gasteiger partial charge in [0.25, 0.3) is 5.91 Å². The highest BCUT2D eigenvalue weighted by Crippen LogP contribution is 2.46. The predicted octanol–water partition coefficient (Wildman–Crippen LogP) is 3.14. The summed E-state index contributed by atoms with van der Waals surface area (Å²) in [7, 11) is 1.66. The number of hydrogen-bond donors (Lipinski definition) is 1. The molecule has 1 spiro atoms. The van der Waals surface area contributed by atoms with Crippen molar-refractivity contribution in [1.82, 2.24) is 9.96 Å². The molecule has 1 fully saturated rings. The molecule has 2 aliphatic heterocycles. The number of aliphatic hydroxyl groups is 1. The van der Waals surface area contributed by atoms with Crippen LogP contribution >= 0.6 is 0 Å². The van der Waals surface area contributed by atoms with E-state index < -0.39 is 5.54 Å². The van der Waals surface area contributed by atoms with Crippen LogP contribution < -0.4 is 0 Å². The highest BCUT2D eigenvalue weighted by Gasteiger charge is 2.53. The lowest BCUT2D eigenvalue weighted by Gasteiger charge is -2.43. The van der Waals surface area contributed by atoms with Crippen LogP contribution in [0.15, 0.2) is 17.9 Å². The van der Waals surface area contributed by atoms with Crippen molar-refractivity contribution in [2.24, 2.45) is 0 Å². The summed E-state index contributed by atoms with van der Waals surface area (Å²) in [6.45, 7) is 10.0. The van der Waals surface area contributed by atoms with Gasteiger partial charge < -0.3 is 14.8 Å². The van der Waals surface area contributed by atoms with Crippen molar-refractivity contribution in [1.29, 1.82) is 0 Å². The first-order valence-electron chi connectivity index (χ1n) is 8.98. The van der Waals surface area contributed by atoms with Crippen molar-refractivity contribution in [2.75, 3.05) is 26.7 Å². The van der Waals surface area contributed by atoms with Crippen LogP contribution in [-0.2, 0) is 9.63 Å². The van der Waals surface area contributed by atoms with E-state index in [-0.39, 0.29) is 11.7 Å². The molecule has 2 heterocycles. The summed E-state index contributed by atoms with van der Waals surface area (Å²) in [5, 5.41) is 13.1. The van der Waals surface area contributed by atoms with Crippen molar-refractivity contribution in [3.63, 3.8) is 0 Å². The largest absolute Gasteiger partial charge is 0.509 e. The fourth-order valence-electron chi connectivity index (χ4n) is 4.58. The maximum atomic E-state index is 13.2. The van der Waals surface area contributed by atoms with Crippen LogP contribution in [0.2, 0.25) is 0 Å². The first-order valence-corrected chi connectivity index (χ1v) is 8.98. The van der Waals surface area contributed by atoms with E-state index in [0.29, 0.717) is 38.0 Å². The van der Waals surface area contributed by atoms with Crippen LogP contribution in [0.25, 0.3) is 5.57 Å². The predicted molar refractivity (Wildman–Crippen MR) is 98.1 cm³/mol. The van der Waals surface area contributed by atoms with Crippen molar-refractivity contribution in [3.05, 3.63) is 40.1 Å². The molecule has 136 valence electrons. The molecule has 1 aromatic carbocycles. The Morgan fingerprint density at radius 3 is 2.20 bits per heavy atom. The summed E-state index contributed by atoms with van der Waals surface area (Å²) in [4.78, 5) is 20.4. The van der Waals surface area contributed by atoms with E-state index in [1.165, 1.54) is 5.56 Å². The first kappa shape index (κ1) is 18.0. The highest BCUT2D eigenvalue weighted by molar-refractivity contribution is 6.23. The molecule has 0 aliphatic carbocycles. The zero-order valence-electron chi connectivity index (χ0n) is 15.8. The van der Waals surface area contributed by atoms with Gasteiger partial charge in [-0.2, -0.15) is 5.06 Å². The Kier molecular flexibility index (Phi) is 4.64. The van der Waals surface area contributed by atoms with Gasteiger partial charge in [-0.1, -0.05) is 17.7 Å². The number of aryl methyl sites for hydroxylation is 3. The standard InChI is InChI=1S/C20H28N2O3/c1-6-22-19(24)17(16-14(3)11-13(2)12-15(16)4)18(23)20(22)7-9-21(25-5)10-8-20/h11-12,23H,6-10H2,1-5H3. The number of amides is 1. The zero-order chi connectivity index (χ0) is 18.4. The smallest absolute Gasteiger partial charge is 0.258 e. The average molecular weight is 344 g/mol. The van der Waals surface area contributed by atoms with Gasteiger partial charge in [0.05, 0.1) is 12.7 Å². The van der Waals surface area contributed by atoms with E-state index in [9.17, 15) is 9.90 Å². The van der Waals surface area contributed by atoms with Gasteiger partial charge in [-0.05, 0) is 57.2 Å². The molecular weight excluding hydrogens is 316 g/mol. The first-order chi connectivity index (χ1) is 11.9. The number of benzene rings is 1. The molecule has 1 aromatic rings. The summed E-state index contributed by atoms with van der Waals surface area (Å²) in [6, 6.07) is 4.15. The molecule has 25 heavy (non-hydrogen) atoms. The second-order valence-electron chi connectivity index (χ2n) is 7.19. The van der Waals surface area contributed by atoms with E-state index >= 15 is 0 Å². The maximum Gasteiger partial charge on any atom is 0.258 e. The number of nitrogens with zero attached hydrogens (tertiary/aromatic N) is 2. The lowest BCUT2D eigenvalue weighted by atomic mass is 9.84. The monoisotopic (exact) mass is 344 g/mol. The van der Waals surface area contributed by atoms with Crippen molar-refractivity contribution in [2.45, 2.75) is 46.1 Å². The minimum atomic E-state index is -0.597. The third kappa shape index (κ3) is 2.66. The third-order valence-corrected chi connectivity index (χ3v) is 5.70. The molecule has 5 heteroatoms. The number of aliphatic hydroxyl groups excluding tert-OH is 1. The number of hydrogen-bond acceptors (Lipinski definition) is 4. The van der Waals surface area contributed by atoms with Gasteiger partial charge in [0.1, 0.15) is 11.3 Å². The van der Waals surface area contributed by atoms with Gasteiger partial charge in [0.2, 0.25) is 0 Å². The molecule has 0 atom stereocenters. The molecule has 3 rings (SSSR count). The van der Waals surface area contributed by atoms with Gasteiger partial charge in [0, 0.05) is 19.6 Å². The number of rotatable bonds is 3. The Hall–Kier alpha value is -1.85. The number of piperidine rings is 1. The van der Waals surface area contributed by atoms with E-state index in [4.69, 9.17) is 4.84 Å². The van der Waals surface area contributed by atoms with Crippen LogP contribution in [0.1, 0.15) is 42.0 Å². The van der Waals surface area contributed by atoms with Gasteiger partial charge in [-0.25, -0.2) is 0 Å². The number of carbonyl (C=O) groups excluding carboxylic acids is 1. The summed E-state index contributed by atoms with van der Waals surface area (Å²) in [6.07, 6.45) is 1.36. The van der Waals surface area contributed by atoms with Crippen LogP contribution in [0, 0.1) is 20.8 Å². The summed E-state index contributed by atoms with van der Waals surface area (Å²) in [5.41, 5.74) is 4.02. The second kappa shape index (κ2) is 6.46. The van der Waals surface area contributed by atoms with Crippen LogP contribution in [0.3, 0.4) is 0 Å². The quantitative estimate of drug-likeness (QED) is 0.915. The van der Waals surface area contributed by atoms with E-state index in [2.05, 4.69) is 19.1 Å². The van der Waals surface area contributed by atoms with E-state index in [1.807, 2.05) is 30.7 Å². The van der Waals surface area contributed by atoms with Gasteiger partial charge in [-0.15, -0.1) is 0 Å².